The fourth-order valence-corrected chi connectivity index (χ4v) is 4.19. The summed E-state index contributed by atoms with van der Waals surface area (Å²) in [5.74, 6) is 1.09. The fraction of sp³-hybridized carbons (Fsp3) is 0.588. The molecule has 0 bridgehead atoms. The maximum Gasteiger partial charge on any atom is 0.246 e. The molecule has 1 saturated heterocycles. The Balaban J connectivity index is 2.25. The molecule has 1 fully saturated rings. The Morgan fingerprint density at radius 3 is 2.25 bits per heavy atom. The standard InChI is InChI=1S/C17H26N2O4S/c1-13-9-11-18(12-10-13)17(20)14(2)19(24(4,21)22)15-5-7-16(23-3)8-6-15/h5-8,13-14H,9-12H2,1-4H3/t14-/m0/s1. The smallest absolute Gasteiger partial charge is 0.246 e. The van der Waals surface area contributed by atoms with Gasteiger partial charge < -0.3 is 9.64 Å². The van der Waals surface area contributed by atoms with Gasteiger partial charge in [0.15, 0.2) is 0 Å². The van der Waals surface area contributed by atoms with E-state index in [1.807, 2.05) is 0 Å². The van der Waals surface area contributed by atoms with Crippen molar-refractivity contribution >= 4 is 21.6 Å². The number of hydrogen-bond donors (Lipinski definition) is 0. The van der Waals surface area contributed by atoms with Crippen LogP contribution in [0.5, 0.6) is 5.75 Å². The van der Waals surface area contributed by atoms with Crippen molar-refractivity contribution in [2.24, 2.45) is 5.92 Å². The molecule has 0 aliphatic carbocycles. The molecule has 0 aromatic heterocycles. The summed E-state index contributed by atoms with van der Waals surface area (Å²) in [6, 6.07) is 5.91. The van der Waals surface area contributed by atoms with Crippen LogP contribution >= 0.6 is 0 Å². The molecular formula is C17H26N2O4S. The second-order valence-corrected chi connectivity index (χ2v) is 8.30. The highest BCUT2D eigenvalue weighted by molar-refractivity contribution is 7.92. The number of rotatable bonds is 5. The minimum absolute atomic E-state index is 0.150. The SMILES string of the molecule is COc1ccc(N([C@@H](C)C(=O)N2CCC(C)CC2)S(C)(=O)=O)cc1. The van der Waals surface area contributed by atoms with E-state index in [0.29, 0.717) is 30.4 Å². The van der Waals surface area contributed by atoms with Crippen LogP contribution in [0, 0.1) is 5.92 Å². The minimum atomic E-state index is -3.59. The van der Waals surface area contributed by atoms with E-state index < -0.39 is 16.1 Å². The highest BCUT2D eigenvalue weighted by Crippen LogP contribution is 2.25. The molecule has 0 unspecified atom stereocenters. The van der Waals surface area contributed by atoms with E-state index in [9.17, 15) is 13.2 Å². The van der Waals surface area contributed by atoms with E-state index in [4.69, 9.17) is 4.74 Å². The van der Waals surface area contributed by atoms with Crippen LogP contribution < -0.4 is 9.04 Å². The molecular weight excluding hydrogens is 328 g/mol. The maximum absolute atomic E-state index is 12.8. The second kappa shape index (κ2) is 7.42. The average Bonchev–Trinajstić information content (AvgIpc) is 2.54. The monoisotopic (exact) mass is 354 g/mol. The first-order valence-electron chi connectivity index (χ1n) is 8.16. The van der Waals surface area contributed by atoms with Gasteiger partial charge in [0.25, 0.3) is 0 Å². The van der Waals surface area contributed by atoms with Crippen LogP contribution in [0.3, 0.4) is 0 Å². The van der Waals surface area contributed by atoms with Crippen molar-refractivity contribution in [3.8, 4) is 5.75 Å². The van der Waals surface area contributed by atoms with Crippen molar-refractivity contribution in [3.05, 3.63) is 24.3 Å². The first-order chi connectivity index (χ1) is 11.2. The van der Waals surface area contributed by atoms with Crippen molar-refractivity contribution in [3.63, 3.8) is 0 Å². The van der Waals surface area contributed by atoms with E-state index in [2.05, 4.69) is 6.92 Å². The molecule has 1 heterocycles. The van der Waals surface area contributed by atoms with Gasteiger partial charge in [-0.3, -0.25) is 9.10 Å². The predicted molar refractivity (Wildman–Crippen MR) is 94.8 cm³/mol. The first-order valence-corrected chi connectivity index (χ1v) is 10.0. The van der Waals surface area contributed by atoms with Crippen LogP contribution in [0.25, 0.3) is 0 Å². The zero-order valence-electron chi connectivity index (χ0n) is 14.7. The molecule has 1 aliphatic rings. The van der Waals surface area contributed by atoms with Crippen LogP contribution in [0.2, 0.25) is 0 Å². The second-order valence-electron chi connectivity index (χ2n) is 6.44. The van der Waals surface area contributed by atoms with Crippen molar-refractivity contribution in [2.75, 3.05) is 30.8 Å². The van der Waals surface area contributed by atoms with E-state index in [0.717, 1.165) is 19.1 Å². The van der Waals surface area contributed by atoms with Crippen molar-refractivity contribution in [2.45, 2.75) is 32.7 Å². The zero-order valence-corrected chi connectivity index (χ0v) is 15.5. The zero-order chi connectivity index (χ0) is 17.9. The Bertz CT molecular complexity index is 664. The van der Waals surface area contributed by atoms with Crippen LogP contribution in [0.1, 0.15) is 26.7 Å². The predicted octanol–water partition coefficient (Wildman–Crippen LogP) is 2.11. The van der Waals surface area contributed by atoms with Gasteiger partial charge in [0.1, 0.15) is 11.8 Å². The molecule has 24 heavy (non-hydrogen) atoms. The molecule has 1 aromatic carbocycles. The van der Waals surface area contributed by atoms with Gasteiger partial charge >= 0.3 is 0 Å². The molecule has 0 spiro atoms. The number of nitrogens with zero attached hydrogens (tertiary/aromatic N) is 2. The van der Waals surface area contributed by atoms with Crippen molar-refractivity contribution < 1.29 is 17.9 Å². The summed E-state index contributed by atoms with van der Waals surface area (Å²) < 4.78 is 30.9. The lowest BCUT2D eigenvalue weighted by Crippen LogP contribution is -2.51. The lowest BCUT2D eigenvalue weighted by Gasteiger charge is -2.35. The van der Waals surface area contributed by atoms with Gasteiger partial charge in [-0.2, -0.15) is 0 Å². The molecule has 1 amide bonds. The summed E-state index contributed by atoms with van der Waals surface area (Å²) in [6.45, 7) is 5.19. The normalized spacial score (nSPS) is 17.4. The van der Waals surface area contributed by atoms with Crippen LogP contribution in [0.4, 0.5) is 5.69 Å². The van der Waals surface area contributed by atoms with Gasteiger partial charge in [0.2, 0.25) is 15.9 Å². The third-order valence-electron chi connectivity index (χ3n) is 4.49. The van der Waals surface area contributed by atoms with Crippen molar-refractivity contribution in [1.82, 2.24) is 4.90 Å². The van der Waals surface area contributed by atoms with Gasteiger partial charge in [-0.05, 0) is 49.9 Å². The van der Waals surface area contributed by atoms with E-state index in [1.54, 1.807) is 43.2 Å². The molecule has 0 N–H and O–H groups in total. The summed E-state index contributed by atoms with van der Waals surface area (Å²) in [5.41, 5.74) is 0.463. The quantitative estimate of drug-likeness (QED) is 0.812. The van der Waals surface area contributed by atoms with Gasteiger partial charge in [-0.15, -0.1) is 0 Å². The van der Waals surface area contributed by atoms with Gasteiger partial charge in [0.05, 0.1) is 19.1 Å². The Kier molecular flexibility index (Phi) is 5.74. The van der Waals surface area contributed by atoms with Crippen molar-refractivity contribution in [1.29, 1.82) is 0 Å². The van der Waals surface area contributed by atoms with Crippen LogP contribution in [-0.4, -0.2) is 51.7 Å². The largest absolute Gasteiger partial charge is 0.497 e. The van der Waals surface area contributed by atoms with Gasteiger partial charge in [0, 0.05) is 13.1 Å². The van der Waals surface area contributed by atoms with Crippen LogP contribution in [0.15, 0.2) is 24.3 Å². The van der Waals surface area contributed by atoms with E-state index >= 15 is 0 Å². The number of piperidine rings is 1. The number of benzene rings is 1. The summed E-state index contributed by atoms with van der Waals surface area (Å²) in [7, 11) is -2.04. The third kappa shape index (κ3) is 4.20. The Labute approximate surface area is 144 Å². The van der Waals surface area contributed by atoms with E-state index in [1.165, 1.54) is 4.31 Å². The number of anilines is 1. The lowest BCUT2D eigenvalue weighted by molar-refractivity contribution is -0.133. The van der Waals surface area contributed by atoms with Crippen LogP contribution in [-0.2, 0) is 14.8 Å². The van der Waals surface area contributed by atoms with E-state index in [-0.39, 0.29) is 5.91 Å². The number of methoxy groups -OCH3 is 1. The topological polar surface area (TPSA) is 66.9 Å². The third-order valence-corrected chi connectivity index (χ3v) is 5.73. The van der Waals surface area contributed by atoms with Gasteiger partial charge in [-0.25, -0.2) is 8.42 Å². The fourth-order valence-electron chi connectivity index (χ4n) is 3.02. The molecule has 134 valence electrons. The first kappa shape index (κ1) is 18.6. The number of carbonyl (C=O) groups excluding carboxylic acids is 1. The number of likely N-dealkylation sites (tertiary alicyclic amines) is 1. The Morgan fingerprint density at radius 2 is 1.79 bits per heavy atom. The highest BCUT2D eigenvalue weighted by atomic mass is 32.2. The molecule has 1 aromatic rings. The molecule has 0 saturated carbocycles. The number of hydrogen-bond acceptors (Lipinski definition) is 4. The molecule has 1 atom stereocenters. The number of ether oxygens (including phenoxy) is 1. The maximum atomic E-state index is 12.8. The summed E-state index contributed by atoms with van der Waals surface area (Å²) >= 11 is 0. The molecule has 0 radical (unpaired) electrons. The average molecular weight is 354 g/mol. The van der Waals surface area contributed by atoms with Gasteiger partial charge in [-0.1, -0.05) is 6.92 Å². The summed E-state index contributed by atoms with van der Waals surface area (Å²) in [6.07, 6.45) is 3.04. The number of carbonyl (C=O) groups is 1. The minimum Gasteiger partial charge on any atom is -0.497 e. The summed E-state index contributed by atoms with van der Waals surface area (Å²) in [4.78, 5) is 14.6. The molecule has 2 rings (SSSR count). The Morgan fingerprint density at radius 1 is 1.25 bits per heavy atom. The number of amides is 1. The molecule has 7 heteroatoms. The lowest BCUT2D eigenvalue weighted by atomic mass is 9.99. The molecule has 6 nitrogen and oxygen atoms in total. The number of sulfonamides is 1. The Hall–Kier alpha value is -1.76. The highest BCUT2D eigenvalue weighted by Gasteiger charge is 2.33. The molecule has 1 aliphatic heterocycles. The summed E-state index contributed by atoms with van der Waals surface area (Å²) in [5, 5.41) is 0.